The van der Waals surface area contributed by atoms with Gasteiger partial charge in [-0.25, -0.2) is 4.79 Å². The van der Waals surface area contributed by atoms with Gasteiger partial charge in [0, 0.05) is 14.0 Å². The van der Waals surface area contributed by atoms with E-state index < -0.39 is 42.5 Å². The zero-order chi connectivity index (χ0) is 13.5. The molecule has 0 amide bonds. The molecule has 0 aromatic heterocycles. The number of carbonyl (C=O) groups is 1. The molecule has 0 radical (unpaired) electrons. The smallest absolute Gasteiger partial charge is 0.364 e. The van der Waals surface area contributed by atoms with Gasteiger partial charge in [-0.1, -0.05) is 0 Å². The SMILES string of the molecule is COC1OC2COC(C)(C(=O)O)OC2C(O)C1O. The zero-order valence-electron chi connectivity index (χ0n) is 9.98. The maximum absolute atomic E-state index is 11.0. The van der Waals surface area contributed by atoms with Gasteiger partial charge >= 0.3 is 5.97 Å². The number of fused-ring (bicyclic) bond motifs is 1. The second-order valence-electron chi connectivity index (χ2n) is 4.40. The van der Waals surface area contributed by atoms with Crippen LogP contribution < -0.4 is 0 Å². The van der Waals surface area contributed by atoms with Crippen LogP contribution in [-0.2, 0) is 23.7 Å². The standard InChI is InChI=1S/C10H16O8/c1-10(9(13)14)16-3-4-7(18-10)5(11)6(12)8(15-2)17-4/h4-8,11-12H,3H2,1-2H3,(H,13,14). The molecule has 2 heterocycles. The minimum absolute atomic E-state index is 0.0723. The van der Waals surface area contributed by atoms with Gasteiger partial charge in [-0.3, -0.25) is 0 Å². The van der Waals surface area contributed by atoms with Crippen LogP contribution in [0.5, 0.6) is 0 Å². The highest BCUT2D eigenvalue weighted by Crippen LogP contribution is 2.32. The van der Waals surface area contributed by atoms with Crippen molar-refractivity contribution in [3.63, 3.8) is 0 Å². The van der Waals surface area contributed by atoms with Crippen LogP contribution in [-0.4, -0.2) is 71.5 Å². The molecule has 6 unspecified atom stereocenters. The molecule has 2 aliphatic rings. The molecule has 2 fully saturated rings. The summed E-state index contributed by atoms with van der Waals surface area (Å²) in [6.45, 7) is 1.16. The molecule has 0 aromatic rings. The van der Waals surface area contributed by atoms with E-state index in [-0.39, 0.29) is 6.61 Å². The van der Waals surface area contributed by atoms with Crippen molar-refractivity contribution in [2.75, 3.05) is 13.7 Å². The average Bonchev–Trinajstić information content (AvgIpc) is 2.34. The van der Waals surface area contributed by atoms with Crippen LogP contribution >= 0.6 is 0 Å². The number of aliphatic carboxylic acids is 1. The fourth-order valence-corrected chi connectivity index (χ4v) is 2.03. The lowest BCUT2D eigenvalue weighted by molar-refractivity contribution is -0.376. The number of carboxylic acids is 1. The van der Waals surface area contributed by atoms with Crippen molar-refractivity contribution in [1.29, 1.82) is 0 Å². The van der Waals surface area contributed by atoms with E-state index in [1.807, 2.05) is 0 Å². The molecular formula is C10H16O8. The second-order valence-corrected chi connectivity index (χ2v) is 4.40. The van der Waals surface area contributed by atoms with Crippen LogP contribution in [0.3, 0.4) is 0 Å². The van der Waals surface area contributed by atoms with Crippen LogP contribution in [0.2, 0.25) is 0 Å². The van der Waals surface area contributed by atoms with Crippen molar-refractivity contribution < 1.29 is 39.1 Å². The largest absolute Gasteiger partial charge is 0.477 e. The molecule has 0 bridgehead atoms. The molecule has 18 heavy (non-hydrogen) atoms. The highest BCUT2D eigenvalue weighted by molar-refractivity contribution is 5.75. The van der Waals surface area contributed by atoms with Crippen molar-refractivity contribution in [3.8, 4) is 0 Å². The normalized spacial score (nSPS) is 48.6. The third-order valence-electron chi connectivity index (χ3n) is 3.15. The van der Waals surface area contributed by atoms with Gasteiger partial charge in [0.15, 0.2) is 6.29 Å². The van der Waals surface area contributed by atoms with E-state index in [1.165, 1.54) is 14.0 Å². The average molecular weight is 264 g/mol. The Hall–Kier alpha value is -0.770. The second kappa shape index (κ2) is 4.72. The van der Waals surface area contributed by atoms with E-state index >= 15 is 0 Å². The number of hydrogen-bond donors (Lipinski definition) is 3. The number of hydrogen-bond acceptors (Lipinski definition) is 7. The Morgan fingerprint density at radius 3 is 2.61 bits per heavy atom. The van der Waals surface area contributed by atoms with Gasteiger partial charge in [0.1, 0.15) is 24.4 Å². The fourth-order valence-electron chi connectivity index (χ4n) is 2.03. The molecule has 6 atom stereocenters. The van der Waals surface area contributed by atoms with Crippen molar-refractivity contribution in [3.05, 3.63) is 0 Å². The first kappa shape index (κ1) is 13.7. The maximum atomic E-state index is 11.0. The van der Waals surface area contributed by atoms with E-state index in [2.05, 4.69) is 0 Å². The van der Waals surface area contributed by atoms with Crippen LogP contribution in [0.25, 0.3) is 0 Å². The molecule has 8 nitrogen and oxygen atoms in total. The van der Waals surface area contributed by atoms with Crippen molar-refractivity contribution >= 4 is 5.97 Å². The van der Waals surface area contributed by atoms with E-state index in [0.29, 0.717) is 0 Å². The molecule has 2 saturated heterocycles. The van der Waals surface area contributed by atoms with Gasteiger partial charge in [0.25, 0.3) is 5.79 Å². The number of ether oxygens (including phenoxy) is 4. The molecule has 2 rings (SSSR count). The van der Waals surface area contributed by atoms with Crippen molar-refractivity contribution in [2.24, 2.45) is 0 Å². The predicted octanol–water partition coefficient (Wildman–Crippen LogP) is -1.70. The molecule has 8 heteroatoms. The van der Waals surface area contributed by atoms with E-state index in [9.17, 15) is 15.0 Å². The van der Waals surface area contributed by atoms with Crippen LogP contribution in [0.1, 0.15) is 6.92 Å². The first-order chi connectivity index (χ1) is 8.39. The number of methoxy groups -OCH3 is 1. The van der Waals surface area contributed by atoms with E-state index in [0.717, 1.165) is 0 Å². The minimum Gasteiger partial charge on any atom is -0.477 e. The number of aliphatic hydroxyl groups excluding tert-OH is 2. The molecule has 104 valence electrons. The lowest BCUT2D eigenvalue weighted by Crippen LogP contribution is -2.66. The summed E-state index contributed by atoms with van der Waals surface area (Å²) >= 11 is 0. The Bertz CT molecular complexity index is 332. The number of aliphatic hydroxyl groups is 2. The van der Waals surface area contributed by atoms with Crippen LogP contribution in [0.4, 0.5) is 0 Å². The summed E-state index contributed by atoms with van der Waals surface area (Å²) in [5.41, 5.74) is 0. The van der Waals surface area contributed by atoms with Gasteiger partial charge < -0.3 is 34.3 Å². The van der Waals surface area contributed by atoms with Crippen LogP contribution in [0.15, 0.2) is 0 Å². The first-order valence-electron chi connectivity index (χ1n) is 5.48. The number of rotatable bonds is 2. The summed E-state index contributed by atoms with van der Waals surface area (Å²) in [4.78, 5) is 11.0. The Morgan fingerprint density at radius 1 is 1.39 bits per heavy atom. The highest BCUT2D eigenvalue weighted by atomic mass is 16.8. The van der Waals surface area contributed by atoms with Crippen molar-refractivity contribution in [1.82, 2.24) is 0 Å². The summed E-state index contributed by atoms with van der Waals surface area (Å²) in [5.74, 6) is -3.16. The Morgan fingerprint density at radius 2 is 2.06 bits per heavy atom. The van der Waals surface area contributed by atoms with Crippen LogP contribution in [0, 0.1) is 0 Å². The summed E-state index contributed by atoms with van der Waals surface area (Å²) in [5, 5.41) is 28.6. The molecule has 0 saturated carbocycles. The summed E-state index contributed by atoms with van der Waals surface area (Å²) in [6.07, 6.45) is -5.30. The van der Waals surface area contributed by atoms with Gasteiger partial charge in [0.2, 0.25) is 0 Å². The lowest BCUT2D eigenvalue weighted by Gasteiger charge is -2.47. The Labute approximate surface area is 103 Å². The third kappa shape index (κ3) is 2.11. The zero-order valence-corrected chi connectivity index (χ0v) is 9.98. The first-order valence-corrected chi connectivity index (χ1v) is 5.48. The Kier molecular flexibility index (Phi) is 3.58. The summed E-state index contributed by atoms with van der Waals surface area (Å²) in [7, 11) is 1.33. The quantitative estimate of drug-likeness (QED) is 0.540. The number of carboxylic acid groups (broad SMARTS) is 1. The van der Waals surface area contributed by atoms with Crippen molar-refractivity contribution in [2.45, 2.75) is 43.4 Å². The highest BCUT2D eigenvalue weighted by Gasteiger charge is 2.54. The Balaban J connectivity index is 2.15. The van der Waals surface area contributed by atoms with E-state index in [4.69, 9.17) is 24.1 Å². The third-order valence-corrected chi connectivity index (χ3v) is 3.15. The molecule has 0 aromatic carbocycles. The topological polar surface area (TPSA) is 115 Å². The maximum Gasteiger partial charge on any atom is 0.364 e. The summed E-state index contributed by atoms with van der Waals surface area (Å²) < 4.78 is 20.5. The minimum atomic E-state index is -1.86. The van der Waals surface area contributed by atoms with Gasteiger partial charge in [-0.05, 0) is 0 Å². The molecule has 2 aliphatic heterocycles. The monoisotopic (exact) mass is 264 g/mol. The van der Waals surface area contributed by atoms with E-state index in [1.54, 1.807) is 0 Å². The summed E-state index contributed by atoms with van der Waals surface area (Å²) in [6, 6.07) is 0. The molecule has 0 spiro atoms. The molecule has 0 aliphatic carbocycles. The van der Waals surface area contributed by atoms with Gasteiger partial charge in [-0.2, -0.15) is 0 Å². The fraction of sp³-hybridized carbons (Fsp3) is 0.900. The predicted molar refractivity (Wildman–Crippen MR) is 54.5 cm³/mol. The molecular weight excluding hydrogens is 248 g/mol. The van der Waals surface area contributed by atoms with Gasteiger partial charge in [0.05, 0.1) is 6.61 Å². The lowest BCUT2D eigenvalue weighted by atomic mass is 9.97. The van der Waals surface area contributed by atoms with Gasteiger partial charge in [-0.15, -0.1) is 0 Å². The molecule has 3 N–H and O–H groups in total.